The quantitative estimate of drug-likeness (QED) is 0.295. The summed E-state index contributed by atoms with van der Waals surface area (Å²) in [6, 6.07) is 25.2. The van der Waals surface area contributed by atoms with Crippen LogP contribution >= 0.6 is 7.06 Å². The van der Waals surface area contributed by atoms with Gasteiger partial charge in [-0.1, -0.05) is 0 Å². The van der Waals surface area contributed by atoms with Gasteiger partial charge in [-0.3, -0.25) is 0 Å². The van der Waals surface area contributed by atoms with Crippen LogP contribution in [0.4, 0.5) is 0 Å². The van der Waals surface area contributed by atoms with Crippen LogP contribution in [0.15, 0.2) is 78.9 Å². The third-order valence-corrected chi connectivity index (χ3v) is 10.1. The van der Waals surface area contributed by atoms with E-state index in [0.717, 1.165) is 25.7 Å². The summed E-state index contributed by atoms with van der Waals surface area (Å²) >= 11 is 0. The second-order valence-corrected chi connectivity index (χ2v) is 12.2. The molecule has 0 amide bonds. The molecule has 0 unspecified atom stereocenters. The monoisotopic (exact) mass is 436 g/mol. The van der Waals surface area contributed by atoms with Crippen molar-refractivity contribution in [2.45, 2.75) is 65.2 Å². The Balaban J connectivity index is 1.99. The number of hydrogen-bond acceptors (Lipinski definition) is 2. The van der Waals surface area contributed by atoms with Crippen molar-refractivity contribution >= 4 is 23.0 Å². The second kappa shape index (κ2) is 10.6. The van der Waals surface area contributed by atoms with Crippen molar-refractivity contribution in [2.24, 2.45) is 0 Å². The summed E-state index contributed by atoms with van der Waals surface area (Å²) < 4.78 is 0. The Labute approximate surface area is 188 Å². The zero-order valence-corrected chi connectivity index (χ0v) is 19.9. The average Bonchev–Trinajstić information content (AvgIpc) is 2.81. The number of hydrogen-bond donors (Lipinski definition) is 2. The molecule has 2 nitrogen and oxygen atoms in total. The van der Waals surface area contributed by atoms with Crippen LogP contribution in [-0.2, 0) is 12.8 Å². The molecular weight excluding hydrogens is 399 g/mol. The molecular formula is C28H37O2P. The molecule has 0 heterocycles. The van der Waals surface area contributed by atoms with Crippen molar-refractivity contribution in [1.29, 1.82) is 0 Å². The molecule has 3 heteroatoms. The van der Waals surface area contributed by atoms with Gasteiger partial charge >= 0.3 is 188 Å². The first kappa shape index (κ1) is 23.7. The molecule has 0 aliphatic heterocycles. The maximum atomic E-state index is 12.2. The molecule has 0 aromatic heterocycles. The van der Waals surface area contributed by atoms with Gasteiger partial charge in [0.1, 0.15) is 0 Å². The van der Waals surface area contributed by atoms with Gasteiger partial charge in [-0.2, -0.15) is 0 Å². The van der Waals surface area contributed by atoms with Gasteiger partial charge in [0.2, 0.25) is 0 Å². The van der Waals surface area contributed by atoms with Gasteiger partial charge < -0.3 is 0 Å². The topological polar surface area (TPSA) is 40.5 Å². The summed E-state index contributed by atoms with van der Waals surface area (Å²) in [6.45, 7) is 4.41. The minimum atomic E-state index is -4.51. The Morgan fingerprint density at radius 1 is 0.516 bits per heavy atom. The van der Waals surface area contributed by atoms with Crippen molar-refractivity contribution in [1.82, 2.24) is 0 Å². The molecule has 3 rings (SSSR count). The summed E-state index contributed by atoms with van der Waals surface area (Å²) in [5.41, 5.74) is 2.49. The van der Waals surface area contributed by atoms with E-state index in [9.17, 15) is 9.79 Å². The fourth-order valence-corrected chi connectivity index (χ4v) is 7.27. The van der Waals surface area contributed by atoms with Gasteiger partial charge in [-0.25, -0.2) is 0 Å². The Bertz CT molecular complexity index is 874. The zero-order valence-electron chi connectivity index (χ0n) is 19.0. The van der Waals surface area contributed by atoms with E-state index in [1.165, 1.54) is 36.8 Å². The molecule has 0 radical (unpaired) electrons. The molecule has 3 aromatic rings. The fourth-order valence-electron chi connectivity index (χ4n) is 4.21. The van der Waals surface area contributed by atoms with E-state index in [1.54, 1.807) is 0 Å². The van der Waals surface area contributed by atoms with Crippen LogP contribution < -0.4 is 15.9 Å². The van der Waals surface area contributed by atoms with Crippen LogP contribution in [0.2, 0.25) is 0 Å². The molecule has 0 atom stereocenters. The van der Waals surface area contributed by atoms with Gasteiger partial charge in [0, 0.05) is 0 Å². The van der Waals surface area contributed by atoms with Crippen LogP contribution in [0.25, 0.3) is 0 Å². The van der Waals surface area contributed by atoms with E-state index in [1.807, 2.05) is 54.6 Å². The predicted octanol–water partition coefficient (Wildman–Crippen LogP) is 5.80. The molecule has 31 heavy (non-hydrogen) atoms. The summed E-state index contributed by atoms with van der Waals surface area (Å²) in [4.78, 5) is 24.4. The van der Waals surface area contributed by atoms with Gasteiger partial charge in [0.15, 0.2) is 0 Å². The summed E-state index contributed by atoms with van der Waals surface area (Å²) in [6.07, 6.45) is 9.21. The number of aryl methyl sites for hydroxylation is 2. The summed E-state index contributed by atoms with van der Waals surface area (Å²) in [5, 5.41) is 1.76. The first-order chi connectivity index (χ1) is 15.0. The maximum absolute atomic E-state index is 12.2. The third kappa shape index (κ3) is 5.26. The Morgan fingerprint density at radius 3 is 1.29 bits per heavy atom. The Hall–Kier alpha value is -1.99. The first-order valence-electron chi connectivity index (χ1n) is 11.7. The van der Waals surface area contributed by atoms with Crippen LogP contribution in [0, 0.1) is 0 Å². The van der Waals surface area contributed by atoms with Gasteiger partial charge in [0.25, 0.3) is 0 Å². The van der Waals surface area contributed by atoms with Crippen molar-refractivity contribution in [3.63, 3.8) is 0 Å². The van der Waals surface area contributed by atoms with Crippen molar-refractivity contribution in [2.75, 3.05) is 0 Å². The Kier molecular flexibility index (Phi) is 8.06. The van der Waals surface area contributed by atoms with Gasteiger partial charge in [0.05, 0.1) is 0 Å². The third-order valence-electron chi connectivity index (χ3n) is 6.23. The molecule has 0 fully saturated rings. The van der Waals surface area contributed by atoms with E-state index in [4.69, 9.17) is 0 Å². The molecule has 0 aliphatic rings. The molecule has 0 spiro atoms. The first-order valence-corrected chi connectivity index (χ1v) is 13.9. The van der Waals surface area contributed by atoms with Crippen molar-refractivity contribution in [3.05, 3.63) is 90.0 Å². The summed E-state index contributed by atoms with van der Waals surface area (Å²) in [7, 11) is -4.51. The molecule has 0 saturated heterocycles. The number of unbranched alkanes of at least 4 members (excludes halogenated alkanes) is 4. The summed E-state index contributed by atoms with van der Waals surface area (Å²) in [5.74, 6) is 0. The standard InChI is InChI=1S/C28H37O2P/c1-3-5-8-12-24-16-20-27(21-17-24)31(29,30,26-14-10-7-11-15-26)28-22-18-25(19-23-28)13-9-6-4-2/h7,10-11,14-23,29-30H,3-6,8-9,12-13H2,1-2H3. The van der Waals surface area contributed by atoms with E-state index in [-0.39, 0.29) is 0 Å². The minimum absolute atomic E-state index is 0.575. The normalized spacial score (nSPS) is 13.0. The van der Waals surface area contributed by atoms with Crippen LogP contribution in [0.1, 0.15) is 63.5 Å². The Morgan fingerprint density at radius 2 is 0.903 bits per heavy atom. The fraction of sp³-hybridized carbons (Fsp3) is 0.357. The van der Waals surface area contributed by atoms with E-state index in [2.05, 4.69) is 38.1 Å². The zero-order chi connectivity index (χ0) is 22.2. The molecule has 166 valence electrons. The molecule has 0 aliphatic carbocycles. The molecule has 3 aromatic carbocycles. The van der Waals surface area contributed by atoms with Gasteiger partial charge in [-0.15, -0.1) is 0 Å². The van der Waals surface area contributed by atoms with E-state index < -0.39 is 7.06 Å². The molecule has 2 N–H and O–H groups in total. The SMILES string of the molecule is CCCCCc1ccc(P(O)(O)(c2ccccc2)c2ccc(CCCCC)cc2)cc1. The molecule has 0 bridgehead atoms. The number of rotatable bonds is 11. The van der Waals surface area contributed by atoms with Crippen molar-refractivity contribution < 1.29 is 9.79 Å². The second-order valence-electron chi connectivity index (χ2n) is 8.61. The van der Waals surface area contributed by atoms with Crippen molar-refractivity contribution in [3.8, 4) is 0 Å². The van der Waals surface area contributed by atoms with Gasteiger partial charge in [-0.05, 0) is 0 Å². The van der Waals surface area contributed by atoms with Crippen LogP contribution in [0.3, 0.4) is 0 Å². The van der Waals surface area contributed by atoms with E-state index in [0.29, 0.717) is 15.9 Å². The molecule has 0 saturated carbocycles. The van der Waals surface area contributed by atoms with Crippen LogP contribution in [-0.4, -0.2) is 9.79 Å². The van der Waals surface area contributed by atoms with Crippen LogP contribution in [0.5, 0.6) is 0 Å². The number of benzene rings is 3. The van der Waals surface area contributed by atoms with E-state index >= 15 is 0 Å². The predicted molar refractivity (Wildman–Crippen MR) is 136 cm³/mol. The average molecular weight is 437 g/mol.